The van der Waals surface area contributed by atoms with Gasteiger partial charge in [-0.25, -0.2) is 9.37 Å². The lowest BCUT2D eigenvalue weighted by molar-refractivity contribution is 0.627. The van der Waals surface area contributed by atoms with Crippen molar-refractivity contribution in [1.82, 2.24) is 24.5 Å². The fourth-order valence-corrected chi connectivity index (χ4v) is 4.13. The first kappa shape index (κ1) is 16.9. The van der Waals surface area contributed by atoms with E-state index in [-0.39, 0.29) is 5.82 Å². The predicted molar refractivity (Wildman–Crippen MR) is 116 cm³/mol. The molecule has 1 aromatic carbocycles. The number of H-pyrrole nitrogens is 1. The Hall–Kier alpha value is -4.06. The molecule has 0 bridgehead atoms. The normalized spacial score (nSPS) is 11.7. The van der Waals surface area contributed by atoms with Crippen LogP contribution in [0.2, 0.25) is 0 Å². The Morgan fingerprint density at radius 3 is 2.77 bits per heavy atom. The van der Waals surface area contributed by atoms with Crippen LogP contribution < -0.4 is 0 Å². The van der Waals surface area contributed by atoms with Crippen LogP contribution in [0.25, 0.3) is 55.2 Å². The van der Waals surface area contributed by atoms with Gasteiger partial charge < -0.3 is 9.55 Å². The summed E-state index contributed by atoms with van der Waals surface area (Å²) in [7, 11) is 2.00. The Morgan fingerprint density at radius 1 is 0.967 bits per heavy atom. The molecule has 1 N–H and O–H groups in total. The van der Waals surface area contributed by atoms with Crippen molar-refractivity contribution in [1.29, 1.82) is 0 Å². The van der Waals surface area contributed by atoms with Gasteiger partial charge in [-0.05, 0) is 42.0 Å². The summed E-state index contributed by atoms with van der Waals surface area (Å²) >= 11 is 0. The number of aryl methyl sites for hydroxylation is 1. The molecule has 0 amide bonds. The second-order valence-corrected chi connectivity index (χ2v) is 7.39. The van der Waals surface area contributed by atoms with Crippen molar-refractivity contribution in [2.45, 2.75) is 0 Å². The standard InChI is InChI=1S/C24H16FN5/c1-30-8-6-14-9-15(4-5-21(14)30)22-18(25)12-28-24-23(22)17-10-19(27-13-20(17)29-24)16-3-2-7-26-11-16/h2-13H,1H3,(H,28,29). The van der Waals surface area contributed by atoms with Crippen molar-refractivity contribution >= 4 is 32.8 Å². The molecule has 30 heavy (non-hydrogen) atoms. The van der Waals surface area contributed by atoms with Crippen LogP contribution in [0.3, 0.4) is 0 Å². The number of fused-ring (bicyclic) bond motifs is 4. The largest absolute Gasteiger partial charge is 0.351 e. The molecule has 6 aromatic rings. The molecule has 0 radical (unpaired) electrons. The number of hydrogen-bond acceptors (Lipinski definition) is 3. The summed E-state index contributed by atoms with van der Waals surface area (Å²) in [5, 5.41) is 2.71. The Morgan fingerprint density at radius 2 is 1.90 bits per heavy atom. The minimum Gasteiger partial charge on any atom is -0.351 e. The van der Waals surface area contributed by atoms with Gasteiger partial charge in [0.05, 0.1) is 23.6 Å². The van der Waals surface area contributed by atoms with Crippen molar-refractivity contribution in [2.75, 3.05) is 0 Å². The molecule has 5 heterocycles. The molecule has 0 aliphatic carbocycles. The maximum absolute atomic E-state index is 15.1. The molecule has 0 saturated carbocycles. The van der Waals surface area contributed by atoms with Gasteiger partial charge in [-0.3, -0.25) is 9.97 Å². The lowest BCUT2D eigenvalue weighted by Crippen LogP contribution is -1.90. The molecule has 0 fully saturated rings. The Kier molecular flexibility index (Phi) is 3.49. The van der Waals surface area contributed by atoms with Crippen LogP contribution in [-0.4, -0.2) is 24.5 Å². The quantitative estimate of drug-likeness (QED) is 0.424. The highest BCUT2D eigenvalue weighted by molar-refractivity contribution is 6.14. The molecule has 144 valence electrons. The summed E-state index contributed by atoms with van der Waals surface area (Å²) in [6.45, 7) is 0. The molecule has 5 aromatic heterocycles. The summed E-state index contributed by atoms with van der Waals surface area (Å²) in [4.78, 5) is 16.3. The summed E-state index contributed by atoms with van der Waals surface area (Å²) in [6.07, 6.45) is 8.54. The first-order valence-corrected chi connectivity index (χ1v) is 9.61. The van der Waals surface area contributed by atoms with Crippen LogP contribution in [0.15, 0.2) is 73.4 Å². The number of nitrogens with zero attached hydrogens (tertiary/aromatic N) is 4. The lowest BCUT2D eigenvalue weighted by Gasteiger charge is -2.07. The average Bonchev–Trinajstić information content (AvgIpc) is 3.34. The van der Waals surface area contributed by atoms with Crippen LogP contribution in [0, 0.1) is 5.82 Å². The lowest BCUT2D eigenvalue weighted by atomic mass is 9.99. The van der Waals surface area contributed by atoms with E-state index >= 15 is 4.39 Å². The topological polar surface area (TPSA) is 59.4 Å². The van der Waals surface area contributed by atoms with E-state index in [2.05, 4.69) is 24.5 Å². The zero-order chi connectivity index (χ0) is 20.2. The van der Waals surface area contributed by atoms with E-state index in [9.17, 15) is 0 Å². The van der Waals surface area contributed by atoms with Crippen LogP contribution in [0.4, 0.5) is 4.39 Å². The van der Waals surface area contributed by atoms with Gasteiger partial charge >= 0.3 is 0 Å². The number of pyridine rings is 3. The van der Waals surface area contributed by atoms with Gasteiger partial charge in [0.2, 0.25) is 0 Å². The second-order valence-electron chi connectivity index (χ2n) is 7.39. The average molecular weight is 393 g/mol. The number of rotatable bonds is 2. The van der Waals surface area contributed by atoms with Crippen molar-refractivity contribution < 1.29 is 4.39 Å². The number of halogens is 1. The van der Waals surface area contributed by atoms with Gasteiger partial charge in [-0.2, -0.15) is 0 Å². The summed E-state index contributed by atoms with van der Waals surface area (Å²) in [5.41, 5.74) is 5.61. The van der Waals surface area contributed by atoms with Crippen molar-refractivity contribution in [3.8, 4) is 22.4 Å². The second kappa shape index (κ2) is 6.22. The van der Waals surface area contributed by atoms with Crippen molar-refractivity contribution in [3.63, 3.8) is 0 Å². The minimum atomic E-state index is -0.349. The third kappa shape index (κ3) is 2.43. The predicted octanol–water partition coefficient (Wildman–Crippen LogP) is 5.47. The van der Waals surface area contributed by atoms with Gasteiger partial charge in [-0.1, -0.05) is 6.07 Å². The number of nitrogens with one attached hydrogen (secondary N) is 1. The van der Waals surface area contributed by atoms with Gasteiger partial charge in [0, 0.05) is 58.4 Å². The number of benzene rings is 1. The first-order chi connectivity index (χ1) is 14.7. The Labute approximate surface area is 170 Å². The van der Waals surface area contributed by atoms with Crippen LogP contribution in [-0.2, 0) is 7.05 Å². The summed E-state index contributed by atoms with van der Waals surface area (Å²) in [5.74, 6) is -0.349. The third-order valence-corrected chi connectivity index (χ3v) is 5.59. The summed E-state index contributed by atoms with van der Waals surface area (Å²) in [6, 6.07) is 13.8. The van der Waals surface area contributed by atoms with E-state index in [0.29, 0.717) is 11.2 Å². The van der Waals surface area contributed by atoms with Crippen LogP contribution in [0.5, 0.6) is 0 Å². The Bertz CT molecular complexity index is 1560. The van der Waals surface area contributed by atoms with Gasteiger partial charge in [0.1, 0.15) is 11.5 Å². The molecule has 0 atom stereocenters. The highest BCUT2D eigenvalue weighted by Gasteiger charge is 2.17. The minimum absolute atomic E-state index is 0.349. The molecule has 6 heteroatoms. The van der Waals surface area contributed by atoms with Gasteiger partial charge in [0.25, 0.3) is 0 Å². The fraction of sp³-hybridized carbons (Fsp3) is 0.0417. The van der Waals surface area contributed by atoms with Crippen LogP contribution in [0.1, 0.15) is 0 Å². The maximum Gasteiger partial charge on any atom is 0.150 e. The zero-order valence-corrected chi connectivity index (χ0v) is 16.1. The molecule has 0 aliphatic heterocycles. The molecule has 0 aliphatic rings. The monoisotopic (exact) mass is 393 g/mol. The van der Waals surface area contributed by atoms with Crippen LogP contribution >= 0.6 is 0 Å². The third-order valence-electron chi connectivity index (χ3n) is 5.59. The van der Waals surface area contributed by atoms with Crippen molar-refractivity contribution in [3.05, 3.63) is 79.3 Å². The van der Waals surface area contributed by atoms with E-state index in [4.69, 9.17) is 0 Å². The summed E-state index contributed by atoms with van der Waals surface area (Å²) < 4.78 is 17.2. The molecule has 0 spiro atoms. The van der Waals surface area contributed by atoms with Crippen molar-refractivity contribution in [2.24, 2.45) is 7.05 Å². The van der Waals surface area contributed by atoms with Gasteiger partial charge in [0.15, 0.2) is 0 Å². The molecular weight excluding hydrogens is 377 g/mol. The molecule has 0 saturated heterocycles. The first-order valence-electron chi connectivity index (χ1n) is 9.61. The molecule has 5 nitrogen and oxygen atoms in total. The molecule has 0 unspecified atom stereocenters. The van der Waals surface area contributed by atoms with E-state index in [1.807, 2.05) is 55.7 Å². The van der Waals surface area contributed by atoms with Gasteiger partial charge in [-0.15, -0.1) is 0 Å². The number of hydrogen-bond donors (Lipinski definition) is 1. The SMILES string of the molecule is Cn1ccc2cc(-c3c(F)cnc4[nH]c5cnc(-c6cccnc6)cc5c34)ccc21. The van der Waals surface area contributed by atoms with E-state index in [0.717, 1.165) is 44.0 Å². The molecular formula is C24H16FN5. The number of aromatic amines is 1. The zero-order valence-electron chi connectivity index (χ0n) is 16.1. The number of aromatic nitrogens is 5. The highest BCUT2D eigenvalue weighted by atomic mass is 19.1. The molecule has 6 rings (SSSR count). The van der Waals surface area contributed by atoms with E-state index < -0.39 is 0 Å². The van der Waals surface area contributed by atoms with E-state index in [1.54, 1.807) is 18.6 Å². The Balaban J connectivity index is 1.67. The smallest absolute Gasteiger partial charge is 0.150 e. The van der Waals surface area contributed by atoms with E-state index in [1.165, 1.54) is 6.20 Å². The fourth-order valence-electron chi connectivity index (χ4n) is 4.13. The highest BCUT2D eigenvalue weighted by Crippen LogP contribution is 2.37. The maximum atomic E-state index is 15.1.